The van der Waals surface area contributed by atoms with Gasteiger partial charge in [-0.15, -0.1) is 11.3 Å². The molecule has 5 nitrogen and oxygen atoms in total. The molecule has 0 radical (unpaired) electrons. The van der Waals surface area contributed by atoms with E-state index in [1.807, 2.05) is 30.3 Å². The number of nitrogens with one attached hydrogen (secondary N) is 2. The molecule has 2 N–H and O–H groups in total. The number of pyridine rings is 1. The summed E-state index contributed by atoms with van der Waals surface area (Å²) in [6, 6.07) is 14.2. The van der Waals surface area contributed by atoms with E-state index in [0.717, 1.165) is 35.1 Å². The largest absolute Gasteiger partial charge is 0.348 e. The number of benzene rings is 1. The van der Waals surface area contributed by atoms with Crippen molar-refractivity contribution < 1.29 is 0 Å². The lowest BCUT2D eigenvalue weighted by Gasteiger charge is -2.34. The van der Waals surface area contributed by atoms with Crippen LogP contribution < -0.4 is 5.56 Å². The van der Waals surface area contributed by atoms with Gasteiger partial charge in [-0.25, -0.2) is 4.98 Å². The van der Waals surface area contributed by atoms with Crippen LogP contribution in [0.5, 0.6) is 0 Å². The molecule has 0 saturated heterocycles. The van der Waals surface area contributed by atoms with Crippen LogP contribution in [0, 0.1) is 0 Å². The first-order valence-electron chi connectivity index (χ1n) is 8.70. The summed E-state index contributed by atoms with van der Waals surface area (Å²) < 4.78 is 0. The van der Waals surface area contributed by atoms with Crippen molar-refractivity contribution >= 4 is 22.2 Å². The molecule has 1 aromatic carbocycles. The molecule has 5 rings (SSSR count). The Labute approximate surface area is 154 Å². The Balaban J connectivity index is 1.55. The predicted octanol–water partition coefficient (Wildman–Crippen LogP) is 3.46. The molecule has 0 unspecified atom stereocenters. The molecular formula is C20H18N4OS. The quantitative estimate of drug-likeness (QED) is 0.587. The van der Waals surface area contributed by atoms with E-state index in [4.69, 9.17) is 0 Å². The topological polar surface area (TPSA) is 64.8 Å². The van der Waals surface area contributed by atoms with Crippen LogP contribution in [0.15, 0.2) is 59.0 Å². The van der Waals surface area contributed by atoms with Crippen LogP contribution in [-0.4, -0.2) is 26.4 Å². The smallest absolute Gasteiger partial charge is 0.252 e. The van der Waals surface area contributed by atoms with E-state index in [9.17, 15) is 4.79 Å². The van der Waals surface area contributed by atoms with Gasteiger partial charge in [0.05, 0.1) is 18.1 Å². The number of hydrogen-bond acceptors (Lipinski definition) is 4. The highest BCUT2D eigenvalue weighted by atomic mass is 32.1. The van der Waals surface area contributed by atoms with Crippen molar-refractivity contribution in [3.63, 3.8) is 0 Å². The van der Waals surface area contributed by atoms with Crippen molar-refractivity contribution in [2.45, 2.75) is 19.0 Å². The zero-order chi connectivity index (χ0) is 17.5. The van der Waals surface area contributed by atoms with Gasteiger partial charge in [-0.1, -0.05) is 24.3 Å². The molecule has 130 valence electrons. The predicted molar refractivity (Wildman–Crippen MR) is 103 cm³/mol. The molecule has 0 fully saturated rings. The van der Waals surface area contributed by atoms with E-state index in [0.29, 0.717) is 6.54 Å². The van der Waals surface area contributed by atoms with E-state index in [2.05, 4.69) is 37.4 Å². The molecule has 0 spiro atoms. The maximum atomic E-state index is 12.6. The third kappa shape index (κ3) is 2.58. The third-order valence-electron chi connectivity index (χ3n) is 5.04. The lowest BCUT2D eigenvalue weighted by Crippen LogP contribution is -2.36. The Hall–Kier alpha value is -2.70. The summed E-state index contributed by atoms with van der Waals surface area (Å²) in [5.41, 5.74) is 3.94. The van der Waals surface area contributed by atoms with Crippen LogP contribution in [0.3, 0.4) is 0 Å². The summed E-state index contributed by atoms with van der Waals surface area (Å²) in [7, 11) is 0. The van der Waals surface area contributed by atoms with E-state index in [1.54, 1.807) is 17.7 Å². The summed E-state index contributed by atoms with van der Waals surface area (Å²) in [5, 5.41) is 3.16. The fourth-order valence-corrected chi connectivity index (χ4v) is 4.65. The molecule has 3 aromatic heterocycles. The van der Waals surface area contributed by atoms with Crippen LogP contribution >= 0.6 is 11.3 Å². The molecule has 4 heterocycles. The maximum absolute atomic E-state index is 12.6. The second-order valence-corrected chi connectivity index (χ2v) is 7.59. The summed E-state index contributed by atoms with van der Waals surface area (Å²) in [4.78, 5) is 27.1. The van der Waals surface area contributed by atoms with E-state index in [-0.39, 0.29) is 11.6 Å². The molecule has 0 amide bonds. The second-order valence-electron chi connectivity index (χ2n) is 6.62. The number of imidazole rings is 1. The fourth-order valence-electron chi connectivity index (χ4n) is 3.79. The van der Waals surface area contributed by atoms with E-state index in [1.165, 1.54) is 10.6 Å². The second kappa shape index (κ2) is 6.23. The number of aromatic nitrogens is 3. The van der Waals surface area contributed by atoms with Gasteiger partial charge in [0.15, 0.2) is 0 Å². The number of para-hydroxylation sites is 1. The Morgan fingerprint density at radius 1 is 1.23 bits per heavy atom. The van der Waals surface area contributed by atoms with Gasteiger partial charge in [0.25, 0.3) is 5.56 Å². The number of hydrogen-bond donors (Lipinski definition) is 2. The molecular weight excluding hydrogens is 344 g/mol. The number of thiophene rings is 1. The van der Waals surface area contributed by atoms with Crippen LogP contribution in [0.25, 0.3) is 10.9 Å². The monoisotopic (exact) mass is 362 g/mol. The van der Waals surface area contributed by atoms with Crippen LogP contribution in [0.4, 0.5) is 0 Å². The summed E-state index contributed by atoms with van der Waals surface area (Å²) in [5.74, 6) is 0. The Bertz CT molecular complexity index is 1110. The standard InChI is InChI=1S/C20H18N4OS/c25-20-14(10-13-4-1-2-5-15(13)23-20)11-24-8-7-16-18(22-12-21-16)19(24)17-6-3-9-26-17/h1-6,9-10,12,19H,7-8,11H2,(H,21,22)(H,23,25)/t19-/m0/s1. The molecule has 1 aliphatic heterocycles. The highest BCUT2D eigenvalue weighted by Gasteiger charge is 2.32. The number of H-pyrrole nitrogens is 2. The van der Waals surface area contributed by atoms with Crippen LogP contribution in [-0.2, 0) is 13.0 Å². The molecule has 0 aliphatic carbocycles. The average molecular weight is 362 g/mol. The summed E-state index contributed by atoms with van der Waals surface area (Å²) in [6.07, 6.45) is 2.69. The van der Waals surface area contributed by atoms with Crippen molar-refractivity contribution in [2.24, 2.45) is 0 Å². The number of aromatic amines is 2. The van der Waals surface area contributed by atoms with Crippen molar-refractivity contribution in [1.82, 2.24) is 19.9 Å². The minimum atomic E-state index is -0.0125. The first-order chi connectivity index (χ1) is 12.8. The normalized spacial score (nSPS) is 17.5. The third-order valence-corrected chi connectivity index (χ3v) is 5.97. The fraction of sp³-hybridized carbons (Fsp3) is 0.200. The van der Waals surface area contributed by atoms with Crippen molar-refractivity contribution in [2.75, 3.05) is 6.54 Å². The molecule has 0 bridgehead atoms. The molecule has 4 aromatic rings. The van der Waals surface area contributed by atoms with Gasteiger partial charge in [-0.2, -0.15) is 0 Å². The highest BCUT2D eigenvalue weighted by Crippen LogP contribution is 2.36. The SMILES string of the molecule is O=c1[nH]c2ccccc2cc1CN1CCc2[nH]cnc2[C@@H]1c1cccs1. The molecule has 1 atom stereocenters. The van der Waals surface area contributed by atoms with Crippen LogP contribution in [0.2, 0.25) is 0 Å². The zero-order valence-corrected chi connectivity index (χ0v) is 14.9. The van der Waals surface area contributed by atoms with Gasteiger partial charge < -0.3 is 9.97 Å². The molecule has 0 saturated carbocycles. The first kappa shape index (κ1) is 15.5. The zero-order valence-electron chi connectivity index (χ0n) is 14.1. The summed E-state index contributed by atoms with van der Waals surface area (Å²) in [6.45, 7) is 1.50. The Morgan fingerprint density at radius 3 is 3.04 bits per heavy atom. The van der Waals surface area contributed by atoms with E-state index >= 15 is 0 Å². The van der Waals surface area contributed by atoms with Gasteiger partial charge in [0.2, 0.25) is 0 Å². The van der Waals surface area contributed by atoms with Gasteiger partial charge >= 0.3 is 0 Å². The molecule has 6 heteroatoms. The van der Waals surface area contributed by atoms with Gasteiger partial charge in [-0.3, -0.25) is 9.69 Å². The lowest BCUT2D eigenvalue weighted by atomic mass is 10.0. The van der Waals surface area contributed by atoms with Gasteiger partial charge in [-0.05, 0) is 29.0 Å². The Morgan fingerprint density at radius 2 is 2.15 bits per heavy atom. The highest BCUT2D eigenvalue weighted by molar-refractivity contribution is 7.10. The summed E-state index contributed by atoms with van der Waals surface area (Å²) >= 11 is 1.74. The van der Waals surface area contributed by atoms with Gasteiger partial charge in [0, 0.05) is 41.2 Å². The first-order valence-corrected chi connectivity index (χ1v) is 9.58. The minimum Gasteiger partial charge on any atom is -0.348 e. The average Bonchev–Trinajstić information content (AvgIpc) is 3.33. The van der Waals surface area contributed by atoms with Gasteiger partial charge in [0.1, 0.15) is 0 Å². The number of fused-ring (bicyclic) bond motifs is 2. The molecule has 1 aliphatic rings. The maximum Gasteiger partial charge on any atom is 0.252 e. The minimum absolute atomic E-state index is 0.0125. The van der Waals surface area contributed by atoms with Crippen molar-refractivity contribution in [3.8, 4) is 0 Å². The van der Waals surface area contributed by atoms with Crippen molar-refractivity contribution in [3.05, 3.63) is 86.4 Å². The van der Waals surface area contributed by atoms with E-state index < -0.39 is 0 Å². The number of nitrogens with zero attached hydrogens (tertiary/aromatic N) is 2. The van der Waals surface area contributed by atoms with Crippen molar-refractivity contribution in [1.29, 1.82) is 0 Å². The molecule has 26 heavy (non-hydrogen) atoms. The Kier molecular flexibility index (Phi) is 3.72. The lowest BCUT2D eigenvalue weighted by molar-refractivity contribution is 0.202. The van der Waals surface area contributed by atoms with Crippen LogP contribution in [0.1, 0.15) is 27.9 Å². The number of rotatable bonds is 3.